The third-order valence-corrected chi connectivity index (χ3v) is 4.12. The highest BCUT2D eigenvalue weighted by Crippen LogP contribution is 2.21. The summed E-state index contributed by atoms with van der Waals surface area (Å²) >= 11 is 0. The van der Waals surface area contributed by atoms with E-state index >= 15 is 0 Å². The van der Waals surface area contributed by atoms with E-state index in [0.717, 1.165) is 17.9 Å². The van der Waals surface area contributed by atoms with Crippen molar-refractivity contribution >= 4 is 5.91 Å². The van der Waals surface area contributed by atoms with Gasteiger partial charge in [-0.1, -0.05) is 30.3 Å². The normalized spacial score (nSPS) is 11.1. The number of aromatic nitrogens is 2. The number of nitrogens with one attached hydrogen (secondary N) is 1. The summed E-state index contributed by atoms with van der Waals surface area (Å²) in [5, 5.41) is 7.10. The Kier molecular flexibility index (Phi) is 5.53. The lowest BCUT2D eigenvalue weighted by Gasteiger charge is -2.23. The van der Waals surface area contributed by atoms with Crippen LogP contribution in [-0.4, -0.2) is 53.1 Å². The monoisotopic (exact) mass is 352 g/mol. The Morgan fingerprint density at radius 3 is 2.54 bits per heavy atom. The van der Waals surface area contributed by atoms with Crippen LogP contribution < -0.4 is 0 Å². The van der Waals surface area contributed by atoms with Gasteiger partial charge in [0.05, 0.1) is 0 Å². The Morgan fingerprint density at radius 1 is 1.12 bits per heavy atom. The van der Waals surface area contributed by atoms with E-state index in [2.05, 4.69) is 15.1 Å². The quantitative estimate of drug-likeness (QED) is 0.709. The minimum atomic E-state index is -0.0959. The predicted molar refractivity (Wildman–Crippen MR) is 101 cm³/mol. The van der Waals surface area contributed by atoms with E-state index in [4.69, 9.17) is 4.42 Å². The molecule has 2 heterocycles. The van der Waals surface area contributed by atoms with E-state index < -0.39 is 0 Å². The number of hydrogen-bond acceptors (Lipinski definition) is 4. The average molecular weight is 352 g/mol. The lowest BCUT2D eigenvalue weighted by atomic mass is 10.2. The first-order valence-electron chi connectivity index (χ1n) is 8.63. The molecule has 26 heavy (non-hydrogen) atoms. The molecule has 1 aromatic carbocycles. The van der Waals surface area contributed by atoms with Crippen molar-refractivity contribution in [2.45, 2.75) is 13.5 Å². The van der Waals surface area contributed by atoms with E-state index in [1.807, 2.05) is 68.4 Å². The average Bonchev–Trinajstić information content (AvgIpc) is 3.27. The van der Waals surface area contributed by atoms with Gasteiger partial charge in [0.15, 0.2) is 11.5 Å². The molecule has 6 heteroatoms. The number of aryl methyl sites for hydroxylation is 1. The Balaban J connectivity index is 1.79. The van der Waals surface area contributed by atoms with Gasteiger partial charge in [0, 0.05) is 25.7 Å². The van der Waals surface area contributed by atoms with E-state index in [9.17, 15) is 4.79 Å². The first kappa shape index (κ1) is 17.9. The van der Waals surface area contributed by atoms with Crippen molar-refractivity contribution in [1.29, 1.82) is 0 Å². The van der Waals surface area contributed by atoms with Crippen LogP contribution >= 0.6 is 0 Å². The summed E-state index contributed by atoms with van der Waals surface area (Å²) in [5.74, 6) is 1.40. The van der Waals surface area contributed by atoms with Crippen LogP contribution in [0, 0.1) is 6.92 Å². The molecule has 0 bridgehead atoms. The Labute approximate surface area is 153 Å². The topological polar surface area (TPSA) is 65.4 Å². The Morgan fingerprint density at radius 2 is 1.88 bits per heavy atom. The summed E-state index contributed by atoms with van der Waals surface area (Å²) in [5.41, 5.74) is 2.19. The highest BCUT2D eigenvalue weighted by atomic mass is 16.3. The molecule has 1 N–H and O–H groups in total. The van der Waals surface area contributed by atoms with Crippen molar-refractivity contribution in [3.63, 3.8) is 0 Å². The lowest BCUT2D eigenvalue weighted by molar-refractivity contribution is 0.0726. The summed E-state index contributed by atoms with van der Waals surface area (Å²) in [6.45, 7) is 3.85. The number of furan rings is 1. The van der Waals surface area contributed by atoms with Gasteiger partial charge in [-0.15, -0.1) is 0 Å². The molecule has 1 amide bonds. The molecule has 6 nitrogen and oxygen atoms in total. The maximum Gasteiger partial charge on any atom is 0.274 e. The van der Waals surface area contributed by atoms with Crippen molar-refractivity contribution in [2.75, 3.05) is 27.2 Å². The number of amides is 1. The molecule has 0 aliphatic carbocycles. The summed E-state index contributed by atoms with van der Waals surface area (Å²) in [6.07, 6.45) is 0. The lowest BCUT2D eigenvalue weighted by Crippen LogP contribution is -2.36. The number of likely N-dealkylation sites (N-methyl/N-ethyl adjacent to an activating group) is 1. The zero-order valence-electron chi connectivity index (χ0n) is 15.4. The van der Waals surface area contributed by atoms with Crippen molar-refractivity contribution in [1.82, 2.24) is 20.0 Å². The van der Waals surface area contributed by atoms with Gasteiger partial charge in [0.2, 0.25) is 0 Å². The van der Waals surface area contributed by atoms with Gasteiger partial charge < -0.3 is 14.2 Å². The number of benzene rings is 1. The van der Waals surface area contributed by atoms with E-state index in [0.29, 0.717) is 30.2 Å². The molecular formula is C20H24N4O2. The van der Waals surface area contributed by atoms with Crippen LogP contribution in [0.5, 0.6) is 0 Å². The summed E-state index contributed by atoms with van der Waals surface area (Å²) in [4.78, 5) is 16.9. The molecule has 0 spiro atoms. The molecule has 0 unspecified atom stereocenters. The number of H-pyrrole nitrogens is 1. The number of carbonyl (C=O) groups is 1. The molecule has 3 aromatic rings. The molecule has 2 aromatic heterocycles. The van der Waals surface area contributed by atoms with Crippen LogP contribution in [0.3, 0.4) is 0 Å². The largest absolute Gasteiger partial charge is 0.460 e. The van der Waals surface area contributed by atoms with Crippen LogP contribution in [0.4, 0.5) is 0 Å². The molecule has 0 saturated carbocycles. The first-order chi connectivity index (χ1) is 12.5. The number of carbonyl (C=O) groups excluding carboxylic acids is 1. The van der Waals surface area contributed by atoms with Crippen molar-refractivity contribution < 1.29 is 9.21 Å². The van der Waals surface area contributed by atoms with E-state index in [1.54, 1.807) is 6.07 Å². The van der Waals surface area contributed by atoms with Crippen LogP contribution in [0.2, 0.25) is 0 Å². The standard InChI is InChI=1S/C20H24N4O2/c1-15-9-10-19(26-15)17-13-18(22-21-17)20(25)24(12-11-23(2)3)14-16-7-5-4-6-8-16/h4-10,13H,11-12,14H2,1-3H3,(H,21,22). The van der Waals surface area contributed by atoms with Crippen LogP contribution in [-0.2, 0) is 6.54 Å². The number of hydrogen-bond donors (Lipinski definition) is 1. The van der Waals surface area contributed by atoms with E-state index in [-0.39, 0.29) is 5.91 Å². The third kappa shape index (κ3) is 4.40. The zero-order valence-corrected chi connectivity index (χ0v) is 15.4. The first-order valence-corrected chi connectivity index (χ1v) is 8.63. The van der Waals surface area contributed by atoms with Crippen molar-refractivity contribution in [2.24, 2.45) is 0 Å². The predicted octanol–water partition coefficient (Wildman–Crippen LogP) is 3.18. The Hall–Kier alpha value is -2.86. The SMILES string of the molecule is Cc1ccc(-c2cc(C(=O)N(CCN(C)C)Cc3ccccc3)n[nH]2)o1. The summed E-state index contributed by atoms with van der Waals surface area (Å²) in [6, 6.07) is 15.5. The van der Waals surface area contributed by atoms with Gasteiger partial charge in [-0.05, 0) is 38.7 Å². The number of rotatable bonds is 7. The van der Waals surface area contributed by atoms with Crippen LogP contribution in [0.1, 0.15) is 21.8 Å². The van der Waals surface area contributed by atoms with Gasteiger partial charge in [0.1, 0.15) is 11.5 Å². The smallest absolute Gasteiger partial charge is 0.274 e. The second-order valence-corrected chi connectivity index (χ2v) is 6.59. The minimum absolute atomic E-state index is 0.0959. The van der Waals surface area contributed by atoms with Crippen LogP contribution in [0.15, 0.2) is 52.9 Å². The highest BCUT2D eigenvalue weighted by Gasteiger charge is 2.20. The third-order valence-electron chi connectivity index (χ3n) is 4.12. The molecule has 0 aliphatic rings. The van der Waals surface area contributed by atoms with Gasteiger partial charge in [-0.25, -0.2) is 0 Å². The zero-order chi connectivity index (χ0) is 18.5. The molecule has 0 radical (unpaired) electrons. The summed E-state index contributed by atoms with van der Waals surface area (Å²) < 4.78 is 5.59. The van der Waals surface area contributed by atoms with Crippen LogP contribution in [0.25, 0.3) is 11.5 Å². The molecule has 0 aliphatic heterocycles. The maximum atomic E-state index is 13.0. The second-order valence-electron chi connectivity index (χ2n) is 6.59. The minimum Gasteiger partial charge on any atom is -0.460 e. The van der Waals surface area contributed by atoms with Crippen molar-refractivity contribution in [3.8, 4) is 11.5 Å². The fourth-order valence-corrected chi connectivity index (χ4v) is 2.68. The van der Waals surface area contributed by atoms with Gasteiger partial charge in [-0.2, -0.15) is 5.10 Å². The number of aromatic amines is 1. The molecule has 3 rings (SSSR count). The molecule has 136 valence electrons. The second kappa shape index (κ2) is 8.01. The number of nitrogens with zero attached hydrogens (tertiary/aromatic N) is 3. The molecular weight excluding hydrogens is 328 g/mol. The molecule has 0 atom stereocenters. The highest BCUT2D eigenvalue weighted by molar-refractivity contribution is 5.93. The maximum absolute atomic E-state index is 13.0. The molecule has 0 fully saturated rings. The van der Waals surface area contributed by atoms with Gasteiger partial charge in [0.25, 0.3) is 5.91 Å². The van der Waals surface area contributed by atoms with Crippen molar-refractivity contribution in [3.05, 3.63) is 65.5 Å². The fourth-order valence-electron chi connectivity index (χ4n) is 2.68. The Bertz CT molecular complexity index is 852. The fraction of sp³-hybridized carbons (Fsp3) is 0.300. The van der Waals surface area contributed by atoms with Gasteiger partial charge >= 0.3 is 0 Å². The van der Waals surface area contributed by atoms with Gasteiger partial charge in [-0.3, -0.25) is 9.89 Å². The molecule has 0 saturated heterocycles. The summed E-state index contributed by atoms with van der Waals surface area (Å²) in [7, 11) is 3.99. The van der Waals surface area contributed by atoms with E-state index in [1.165, 1.54) is 0 Å².